The van der Waals surface area contributed by atoms with Crippen molar-refractivity contribution in [3.05, 3.63) is 26.6 Å². The largest absolute Gasteiger partial charge is 0.280 e. The first-order valence-electron chi connectivity index (χ1n) is 3.25. The van der Waals surface area contributed by atoms with Crippen molar-refractivity contribution in [3.8, 4) is 6.07 Å². The Morgan fingerprint density at radius 2 is 2.50 bits per heavy atom. The van der Waals surface area contributed by atoms with E-state index in [1.54, 1.807) is 13.1 Å². The molecule has 1 heterocycles. The van der Waals surface area contributed by atoms with Gasteiger partial charge in [-0.05, 0) is 22.0 Å². The van der Waals surface area contributed by atoms with Crippen molar-refractivity contribution in [2.24, 2.45) is 7.05 Å². The van der Waals surface area contributed by atoms with Crippen LogP contribution in [0.5, 0.6) is 0 Å². The number of hydrogen-bond acceptors (Lipinski definition) is 3. The molecule has 0 aliphatic rings. The van der Waals surface area contributed by atoms with Gasteiger partial charge in [0.2, 0.25) is 0 Å². The van der Waals surface area contributed by atoms with Gasteiger partial charge in [0.1, 0.15) is 0 Å². The van der Waals surface area contributed by atoms with Crippen LogP contribution in [0.4, 0.5) is 0 Å². The molecule has 0 radical (unpaired) electrons. The van der Waals surface area contributed by atoms with E-state index < -0.39 is 0 Å². The molecule has 1 aromatic heterocycles. The Hall–Kier alpha value is -1.15. The zero-order chi connectivity index (χ0) is 9.14. The Balaban J connectivity index is 3.24. The molecule has 0 amide bonds. The van der Waals surface area contributed by atoms with Gasteiger partial charge in [-0.25, -0.2) is 4.68 Å². The Kier molecular flexibility index (Phi) is 2.61. The first-order chi connectivity index (χ1) is 5.65. The molecule has 0 fully saturated rings. The van der Waals surface area contributed by atoms with Crippen molar-refractivity contribution in [1.29, 1.82) is 5.26 Å². The van der Waals surface area contributed by atoms with Crippen LogP contribution in [0.15, 0.2) is 15.3 Å². The number of hydrogen-bond donors (Lipinski definition) is 0. The molecule has 0 atom stereocenters. The lowest BCUT2D eigenvalue weighted by Gasteiger charge is -1.99. The topological polar surface area (TPSA) is 58.7 Å². The predicted octanol–water partition coefficient (Wildman–Crippen LogP) is 0.609. The first kappa shape index (κ1) is 8.94. The number of rotatable bonds is 1. The van der Waals surface area contributed by atoms with Crippen molar-refractivity contribution in [1.82, 2.24) is 9.78 Å². The Labute approximate surface area is 77.6 Å². The van der Waals surface area contributed by atoms with E-state index in [-0.39, 0.29) is 12.0 Å². The fourth-order valence-electron chi connectivity index (χ4n) is 0.797. The van der Waals surface area contributed by atoms with E-state index in [4.69, 9.17) is 5.26 Å². The third-order valence-electron chi connectivity index (χ3n) is 1.33. The summed E-state index contributed by atoms with van der Waals surface area (Å²) in [5.74, 6) is 0. The van der Waals surface area contributed by atoms with E-state index >= 15 is 0 Å². The normalized spacial score (nSPS) is 9.42. The van der Waals surface area contributed by atoms with E-state index in [2.05, 4.69) is 21.0 Å². The summed E-state index contributed by atoms with van der Waals surface area (Å²) in [6, 6.07) is 3.52. The summed E-state index contributed by atoms with van der Waals surface area (Å²) >= 11 is 3.08. The summed E-state index contributed by atoms with van der Waals surface area (Å²) in [5, 5.41) is 12.3. The maximum absolute atomic E-state index is 11.1. The second kappa shape index (κ2) is 3.50. The second-order valence-corrected chi connectivity index (χ2v) is 3.10. The van der Waals surface area contributed by atoms with Crippen molar-refractivity contribution in [2.75, 3.05) is 0 Å². The Bertz CT molecular complexity index is 364. The summed E-state index contributed by atoms with van der Waals surface area (Å²) in [7, 11) is 1.55. The maximum Gasteiger partial charge on any atom is 0.280 e. The average Bonchev–Trinajstić information content (AvgIpc) is 2.01. The lowest BCUT2D eigenvalue weighted by Crippen LogP contribution is -2.21. The fraction of sp³-hybridized carbons (Fsp3) is 0.286. The van der Waals surface area contributed by atoms with E-state index in [9.17, 15) is 4.79 Å². The van der Waals surface area contributed by atoms with Gasteiger partial charge in [0.15, 0.2) is 0 Å². The van der Waals surface area contributed by atoms with Crippen LogP contribution >= 0.6 is 15.9 Å². The van der Waals surface area contributed by atoms with Crippen LogP contribution in [0.3, 0.4) is 0 Å². The van der Waals surface area contributed by atoms with Gasteiger partial charge in [0.25, 0.3) is 5.56 Å². The Morgan fingerprint density at radius 3 is 3.00 bits per heavy atom. The van der Waals surface area contributed by atoms with Crippen LogP contribution in [0.2, 0.25) is 0 Å². The summed E-state index contributed by atoms with van der Waals surface area (Å²) < 4.78 is 1.64. The summed E-state index contributed by atoms with van der Waals surface area (Å²) in [6.07, 6.45) is 0.215. The molecule has 0 aliphatic heterocycles. The minimum Gasteiger partial charge on any atom is -0.267 e. The molecule has 5 heteroatoms. The van der Waals surface area contributed by atoms with Gasteiger partial charge in [-0.3, -0.25) is 4.79 Å². The van der Waals surface area contributed by atoms with Gasteiger partial charge in [0.05, 0.1) is 22.7 Å². The molecule has 1 aromatic rings. The van der Waals surface area contributed by atoms with Crippen LogP contribution in [0.1, 0.15) is 5.69 Å². The number of halogens is 1. The monoisotopic (exact) mass is 227 g/mol. The second-order valence-electron chi connectivity index (χ2n) is 2.25. The van der Waals surface area contributed by atoms with Gasteiger partial charge in [-0.1, -0.05) is 0 Å². The molecule has 1 rings (SSSR count). The number of nitriles is 1. The molecule has 12 heavy (non-hydrogen) atoms. The minimum absolute atomic E-state index is 0.198. The van der Waals surface area contributed by atoms with E-state index in [0.29, 0.717) is 10.2 Å². The number of aryl methyl sites for hydroxylation is 1. The first-order valence-corrected chi connectivity index (χ1v) is 4.04. The van der Waals surface area contributed by atoms with E-state index in [0.717, 1.165) is 0 Å². The van der Waals surface area contributed by atoms with Gasteiger partial charge in [-0.2, -0.15) is 10.4 Å². The van der Waals surface area contributed by atoms with Crippen molar-refractivity contribution < 1.29 is 0 Å². The lowest BCUT2D eigenvalue weighted by molar-refractivity contribution is 0.682. The lowest BCUT2D eigenvalue weighted by atomic mass is 10.3. The van der Waals surface area contributed by atoms with Crippen molar-refractivity contribution in [3.63, 3.8) is 0 Å². The molecule has 0 aromatic carbocycles. The third kappa shape index (κ3) is 1.71. The molecule has 0 bridgehead atoms. The van der Waals surface area contributed by atoms with Crippen molar-refractivity contribution >= 4 is 15.9 Å². The van der Waals surface area contributed by atoms with Crippen LogP contribution in [0.25, 0.3) is 0 Å². The molecule has 0 unspecified atom stereocenters. The quantitative estimate of drug-likeness (QED) is 0.707. The molecule has 0 spiro atoms. The smallest absolute Gasteiger partial charge is 0.267 e. The van der Waals surface area contributed by atoms with E-state index in [1.807, 2.05) is 6.07 Å². The molecular formula is C7H6BrN3O. The number of aromatic nitrogens is 2. The van der Waals surface area contributed by atoms with Gasteiger partial charge < -0.3 is 0 Å². The highest BCUT2D eigenvalue weighted by Gasteiger charge is 2.01. The number of nitrogens with zero attached hydrogens (tertiary/aromatic N) is 3. The highest BCUT2D eigenvalue weighted by atomic mass is 79.9. The standard InChI is InChI=1S/C7H6BrN3O/c1-11-7(12)6(8)4-5(10-11)2-3-9/h4H,2H2,1H3. The van der Waals surface area contributed by atoms with Gasteiger partial charge in [-0.15, -0.1) is 0 Å². The highest BCUT2D eigenvalue weighted by molar-refractivity contribution is 9.10. The van der Waals surface area contributed by atoms with Crippen LogP contribution in [0, 0.1) is 11.3 Å². The maximum atomic E-state index is 11.1. The Morgan fingerprint density at radius 1 is 1.83 bits per heavy atom. The van der Waals surface area contributed by atoms with Crippen LogP contribution in [-0.2, 0) is 13.5 Å². The van der Waals surface area contributed by atoms with Gasteiger partial charge >= 0.3 is 0 Å². The van der Waals surface area contributed by atoms with E-state index in [1.165, 1.54) is 4.68 Å². The third-order valence-corrected chi connectivity index (χ3v) is 1.90. The molecular weight excluding hydrogens is 222 g/mol. The zero-order valence-electron chi connectivity index (χ0n) is 6.41. The summed E-state index contributed by atoms with van der Waals surface area (Å²) in [6.45, 7) is 0. The molecule has 4 nitrogen and oxygen atoms in total. The molecule has 0 saturated heterocycles. The van der Waals surface area contributed by atoms with Crippen LogP contribution < -0.4 is 5.56 Å². The SMILES string of the molecule is Cn1nc(CC#N)cc(Br)c1=O. The molecule has 62 valence electrons. The summed E-state index contributed by atoms with van der Waals surface area (Å²) in [5.41, 5.74) is 0.392. The zero-order valence-corrected chi connectivity index (χ0v) is 8.00. The molecule has 0 N–H and O–H groups in total. The van der Waals surface area contributed by atoms with Crippen molar-refractivity contribution in [2.45, 2.75) is 6.42 Å². The fourth-order valence-corrected chi connectivity index (χ4v) is 1.32. The highest BCUT2D eigenvalue weighted by Crippen LogP contribution is 2.03. The van der Waals surface area contributed by atoms with Gasteiger partial charge in [0, 0.05) is 7.05 Å². The predicted molar refractivity (Wildman–Crippen MR) is 46.5 cm³/mol. The summed E-state index contributed by atoms with van der Waals surface area (Å²) in [4.78, 5) is 11.1. The minimum atomic E-state index is -0.198. The molecule has 0 aliphatic carbocycles. The average molecular weight is 228 g/mol. The van der Waals surface area contributed by atoms with Crippen LogP contribution in [-0.4, -0.2) is 9.78 Å². The molecule has 0 saturated carbocycles.